The molecule has 0 unspecified atom stereocenters. The molecule has 2 amide bonds. The molecule has 6 heteroatoms. The summed E-state index contributed by atoms with van der Waals surface area (Å²) in [4.78, 5) is 19.5. The van der Waals surface area contributed by atoms with Crippen molar-refractivity contribution in [3.05, 3.63) is 47.2 Å². The van der Waals surface area contributed by atoms with Gasteiger partial charge in [-0.1, -0.05) is 12.1 Å². The third-order valence-electron chi connectivity index (χ3n) is 3.79. The molecule has 1 aliphatic rings. The van der Waals surface area contributed by atoms with Crippen molar-refractivity contribution in [1.82, 2.24) is 19.8 Å². The lowest BCUT2D eigenvalue weighted by Gasteiger charge is -2.22. The Labute approximate surface area is 134 Å². The van der Waals surface area contributed by atoms with Crippen LogP contribution in [-0.2, 0) is 6.54 Å². The van der Waals surface area contributed by atoms with E-state index in [1.807, 2.05) is 21.7 Å². The first-order chi connectivity index (χ1) is 10.8. The number of likely N-dealkylation sites (tertiary alicyclic amines) is 1. The molecule has 1 atom stereocenters. The number of hydrogen-bond acceptors (Lipinski definition) is 3. The van der Waals surface area contributed by atoms with Crippen LogP contribution in [-0.4, -0.2) is 39.6 Å². The molecule has 1 N–H and O–H groups in total. The lowest BCUT2D eigenvalue weighted by Crippen LogP contribution is -2.43. The highest BCUT2D eigenvalue weighted by atomic mass is 32.1. The minimum atomic E-state index is 0.0263. The summed E-state index contributed by atoms with van der Waals surface area (Å²) in [5.41, 5.74) is 0. The molecule has 1 fully saturated rings. The summed E-state index contributed by atoms with van der Waals surface area (Å²) in [7, 11) is 0. The Hall–Kier alpha value is -2.08. The molecule has 0 aromatic carbocycles. The topological polar surface area (TPSA) is 50.2 Å². The molecule has 3 heterocycles. The van der Waals surface area contributed by atoms with E-state index in [2.05, 4.69) is 33.9 Å². The molecule has 1 aliphatic heterocycles. The summed E-state index contributed by atoms with van der Waals surface area (Å²) in [5.74, 6) is 0. The van der Waals surface area contributed by atoms with Gasteiger partial charge in [-0.15, -0.1) is 11.3 Å². The number of urea groups is 1. The number of aromatic nitrogens is 2. The second kappa shape index (κ2) is 7.26. The zero-order valence-electron chi connectivity index (χ0n) is 12.4. The molecule has 0 spiro atoms. The van der Waals surface area contributed by atoms with Crippen LogP contribution in [0.15, 0.2) is 42.3 Å². The van der Waals surface area contributed by atoms with Crippen LogP contribution in [0.1, 0.15) is 17.7 Å². The average Bonchev–Trinajstić information content (AvgIpc) is 3.26. The van der Waals surface area contributed by atoms with E-state index in [1.54, 1.807) is 23.9 Å². The van der Waals surface area contributed by atoms with Crippen molar-refractivity contribution in [3.8, 4) is 0 Å². The first-order valence-electron chi connectivity index (χ1n) is 7.55. The van der Waals surface area contributed by atoms with Crippen LogP contribution < -0.4 is 5.32 Å². The summed E-state index contributed by atoms with van der Waals surface area (Å²) >= 11 is 1.71. The van der Waals surface area contributed by atoms with E-state index in [0.717, 1.165) is 25.9 Å². The standard InChI is InChI=1S/C16H20N4OS/c21-16(18-8-11-19-10-7-17-13-19)20-9-1-3-14(20)5-6-15-4-2-12-22-15/h2,4-7,10,12-14H,1,3,8-9,11H2,(H,18,21)/b6-5+/t14-/m1/s1. The van der Waals surface area contributed by atoms with E-state index in [1.165, 1.54) is 4.88 Å². The highest BCUT2D eigenvalue weighted by Gasteiger charge is 2.26. The maximum atomic E-state index is 12.3. The Morgan fingerprint density at radius 1 is 1.55 bits per heavy atom. The number of hydrogen-bond donors (Lipinski definition) is 1. The fourth-order valence-corrected chi connectivity index (χ4v) is 3.28. The number of carbonyl (C=O) groups is 1. The van der Waals surface area contributed by atoms with Crippen molar-refractivity contribution in [1.29, 1.82) is 0 Å². The highest BCUT2D eigenvalue weighted by molar-refractivity contribution is 7.10. The minimum Gasteiger partial charge on any atom is -0.336 e. The summed E-state index contributed by atoms with van der Waals surface area (Å²) in [6.07, 6.45) is 11.8. The van der Waals surface area contributed by atoms with Crippen LogP contribution >= 0.6 is 11.3 Å². The van der Waals surface area contributed by atoms with E-state index in [4.69, 9.17) is 0 Å². The zero-order valence-corrected chi connectivity index (χ0v) is 13.2. The number of thiophene rings is 1. The Balaban J connectivity index is 1.50. The normalized spacial score (nSPS) is 18.2. The maximum absolute atomic E-state index is 12.3. The molecule has 5 nitrogen and oxygen atoms in total. The molecule has 2 aromatic rings. The average molecular weight is 316 g/mol. The van der Waals surface area contributed by atoms with Gasteiger partial charge in [0, 0.05) is 36.9 Å². The van der Waals surface area contributed by atoms with Gasteiger partial charge in [0.1, 0.15) is 0 Å². The molecule has 116 valence electrons. The number of imidazole rings is 1. The zero-order chi connectivity index (χ0) is 15.2. The molecule has 22 heavy (non-hydrogen) atoms. The van der Waals surface area contributed by atoms with Crippen molar-refractivity contribution in [2.75, 3.05) is 13.1 Å². The number of amides is 2. The van der Waals surface area contributed by atoms with Crippen molar-refractivity contribution in [2.24, 2.45) is 0 Å². The van der Waals surface area contributed by atoms with Gasteiger partial charge in [-0.3, -0.25) is 0 Å². The molecule has 0 saturated carbocycles. The molecular weight excluding hydrogens is 296 g/mol. The summed E-state index contributed by atoms with van der Waals surface area (Å²) in [6, 6.07) is 4.36. The quantitative estimate of drug-likeness (QED) is 0.922. The van der Waals surface area contributed by atoms with E-state index < -0.39 is 0 Å². The van der Waals surface area contributed by atoms with Gasteiger partial charge in [-0.05, 0) is 30.4 Å². The smallest absolute Gasteiger partial charge is 0.317 e. The largest absolute Gasteiger partial charge is 0.336 e. The van der Waals surface area contributed by atoms with Crippen LogP contribution in [0.2, 0.25) is 0 Å². The second-order valence-corrected chi connectivity index (χ2v) is 6.29. The Morgan fingerprint density at radius 2 is 2.50 bits per heavy atom. The summed E-state index contributed by atoms with van der Waals surface area (Å²) in [5, 5.41) is 5.06. The molecular formula is C16H20N4OS. The molecule has 0 radical (unpaired) electrons. The van der Waals surface area contributed by atoms with Crippen molar-refractivity contribution < 1.29 is 4.79 Å². The summed E-state index contributed by atoms with van der Waals surface area (Å²) < 4.78 is 1.96. The monoisotopic (exact) mass is 316 g/mol. The number of carbonyl (C=O) groups excluding carboxylic acids is 1. The molecule has 1 saturated heterocycles. The predicted octanol–water partition coefficient (Wildman–Crippen LogP) is 2.83. The van der Waals surface area contributed by atoms with E-state index in [0.29, 0.717) is 6.54 Å². The highest BCUT2D eigenvalue weighted by Crippen LogP contribution is 2.20. The third kappa shape index (κ3) is 3.76. The first kappa shape index (κ1) is 14.8. The summed E-state index contributed by atoms with van der Waals surface area (Å²) in [6.45, 7) is 2.19. The second-order valence-electron chi connectivity index (χ2n) is 5.31. The SMILES string of the molecule is O=C(NCCn1ccnc1)N1CCC[C@@H]1/C=C/c1cccs1. The van der Waals surface area contributed by atoms with Gasteiger partial charge >= 0.3 is 6.03 Å². The molecule has 0 aliphatic carbocycles. The van der Waals surface area contributed by atoms with Crippen LogP contribution in [0, 0.1) is 0 Å². The Morgan fingerprint density at radius 3 is 3.27 bits per heavy atom. The fourth-order valence-electron chi connectivity index (χ4n) is 2.65. The van der Waals surface area contributed by atoms with Gasteiger partial charge in [0.05, 0.1) is 12.4 Å². The number of rotatable bonds is 5. The van der Waals surface area contributed by atoms with E-state index in [9.17, 15) is 4.79 Å². The van der Waals surface area contributed by atoms with Gasteiger partial charge in [0.2, 0.25) is 0 Å². The van der Waals surface area contributed by atoms with Crippen molar-refractivity contribution in [3.63, 3.8) is 0 Å². The van der Waals surface area contributed by atoms with Crippen LogP contribution in [0.5, 0.6) is 0 Å². The first-order valence-corrected chi connectivity index (χ1v) is 8.43. The maximum Gasteiger partial charge on any atom is 0.317 e. The van der Waals surface area contributed by atoms with Crippen LogP contribution in [0.3, 0.4) is 0 Å². The Kier molecular flexibility index (Phi) is 4.90. The van der Waals surface area contributed by atoms with Crippen LogP contribution in [0.4, 0.5) is 4.79 Å². The van der Waals surface area contributed by atoms with Crippen molar-refractivity contribution in [2.45, 2.75) is 25.4 Å². The lowest BCUT2D eigenvalue weighted by molar-refractivity contribution is 0.200. The van der Waals surface area contributed by atoms with Gasteiger partial charge in [0.15, 0.2) is 0 Å². The number of nitrogens with zero attached hydrogens (tertiary/aromatic N) is 3. The van der Waals surface area contributed by atoms with E-state index >= 15 is 0 Å². The lowest BCUT2D eigenvalue weighted by atomic mass is 10.2. The molecule has 0 bridgehead atoms. The third-order valence-corrected chi connectivity index (χ3v) is 4.63. The van der Waals surface area contributed by atoms with Gasteiger partial charge in [0.25, 0.3) is 0 Å². The minimum absolute atomic E-state index is 0.0263. The van der Waals surface area contributed by atoms with Gasteiger partial charge in [-0.25, -0.2) is 9.78 Å². The fraction of sp³-hybridized carbons (Fsp3) is 0.375. The van der Waals surface area contributed by atoms with Gasteiger partial charge < -0.3 is 14.8 Å². The molecule has 2 aromatic heterocycles. The van der Waals surface area contributed by atoms with Crippen molar-refractivity contribution >= 4 is 23.4 Å². The van der Waals surface area contributed by atoms with Crippen LogP contribution in [0.25, 0.3) is 6.08 Å². The predicted molar refractivity (Wildman–Crippen MR) is 88.7 cm³/mol. The Bertz CT molecular complexity index is 606. The van der Waals surface area contributed by atoms with Gasteiger partial charge in [-0.2, -0.15) is 0 Å². The van der Waals surface area contributed by atoms with E-state index in [-0.39, 0.29) is 12.1 Å². The number of nitrogens with one attached hydrogen (secondary N) is 1. The molecule has 3 rings (SSSR count).